The van der Waals surface area contributed by atoms with Crippen molar-refractivity contribution in [2.75, 3.05) is 20.2 Å². The fourth-order valence-corrected chi connectivity index (χ4v) is 4.44. The van der Waals surface area contributed by atoms with Gasteiger partial charge in [-0.15, -0.1) is 0 Å². The number of hydrogen-bond donors (Lipinski definition) is 1. The van der Waals surface area contributed by atoms with Crippen molar-refractivity contribution in [3.05, 3.63) is 59.0 Å². The van der Waals surface area contributed by atoms with Gasteiger partial charge in [-0.25, -0.2) is 12.8 Å². The van der Waals surface area contributed by atoms with E-state index in [0.29, 0.717) is 17.5 Å². The molecule has 0 unspecified atom stereocenters. The Morgan fingerprint density at radius 3 is 2.53 bits per heavy atom. The predicted molar refractivity (Wildman–Crippen MR) is 113 cm³/mol. The number of sulfone groups is 1. The lowest BCUT2D eigenvalue weighted by Gasteiger charge is -2.15. The summed E-state index contributed by atoms with van der Waals surface area (Å²) in [7, 11) is -2.04. The van der Waals surface area contributed by atoms with Crippen LogP contribution < -0.4 is 4.74 Å². The van der Waals surface area contributed by atoms with E-state index in [2.05, 4.69) is 11.5 Å². The second-order valence-corrected chi connectivity index (χ2v) is 9.18. The molecule has 0 saturated carbocycles. The third-order valence-electron chi connectivity index (χ3n) is 4.98. The Labute approximate surface area is 175 Å². The highest BCUT2D eigenvalue weighted by molar-refractivity contribution is 7.90. The van der Waals surface area contributed by atoms with Crippen LogP contribution in [-0.4, -0.2) is 38.2 Å². The highest BCUT2D eigenvalue weighted by Crippen LogP contribution is 2.36. The minimum Gasteiger partial charge on any atom is -0.465 e. The van der Waals surface area contributed by atoms with Crippen LogP contribution in [0, 0.1) is 5.82 Å². The summed E-state index contributed by atoms with van der Waals surface area (Å²) in [5, 5.41) is 10.3. The SMILES string of the molecule is CCCc1cc2c(OCOC)c(S(C)(=O)=O)ccc2n1Cc1ccc(F)cc1CO. The molecule has 162 valence electrons. The van der Waals surface area contributed by atoms with Gasteiger partial charge in [0.1, 0.15) is 10.7 Å². The van der Waals surface area contributed by atoms with Crippen molar-refractivity contribution in [1.29, 1.82) is 0 Å². The van der Waals surface area contributed by atoms with Crippen molar-refractivity contribution in [3.8, 4) is 5.75 Å². The maximum atomic E-state index is 13.6. The molecule has 0 aliphatic heterocycles. The van der Waals surface area contributed by atoms with Gasteiger partial charge in [0.2, 0.25) is 0 Å². The maximum Gasteiger partial charge on any atom is 0.188 e. The smallest absolute Gasteiger partial charge is 0.188 e. The van der Waals surface area contributed by atoms with Crippen LogP contribution in [0.2, 0.25) is 0 Å². The van der Waals surface area contributed by atoms with Crippen LogP contribution in [0.1, 0.15) is 30.2 Å². The molecule has 0 fully saturated rings. The number of nitrogens with zero attached hydrogens (tertiary/aromatic N) is 1. The highest BCUT2D eigenvalue weighted by atomic mass is 32.2. The number of ether oxygens (including phenoxy) is 2. The van der Waals surface area contributed by atoms with Crippen molar-refractivity contribution in [2.45, 2.75) is 37.8 Å². The topological polar surface area (TPSA) is 77.8 Å². The number of benzene rings is 2. The molecule has 2 aromatic carbocycles. The van der Waals surface area contributed by atoms with Gasteiger partial charge in [-0.3, -0.25) is 0 Å². The molecule has 0 aliphatic rings. The fourth-order valence-electron chi connectivity index (χ4n) is 3.62. The Bertz CT molecular complexity index is 1150. The largest absolute Gasteiger partial charge is 0.465 e. The maximum absolute atomic E-state index is 13.6. The molecule has 1 N–H and O–H groups in total. The number of aliphatic hydroxyl groups excluding tert-OH is 1. The quantitative estimate of drug-likeness (QED) is 0.519. The van der Waals surface area contributed by atoms with Crippen LogP contribution in [0.15, 0.2) is 41.3 Å². The van der Waals surface area contributed by atoms with Gasteiger partial charge in [-0.2, -0.15) is 0 Å². The van der Waals surface area contributed by atoms with Crippen molar-refractivity contribution < 1.29 is 27.4 Å². The van der Waals surface area contributed by atoms with E-state index in [9.17, 15) is 17.9 Å². The van der Waals surface area contributed by atoms with Crippen LogP contribution in [0.5, 0.6) is 5.75 Å². The van der Waals surface area contributed by atoms with Crippen LogP contribution >= 0.6 is 0 Å². The summed E-state index contributed by atoms with van der Waals surface area (Å²) < 4.78 is 50.9. The van der Waals surface area contributed by atoms with Crippen LogP contribution in [0.25, 0.3) is 10.9 Å². The average Bonchev–Trinajstić information content (AvgIpc) is 3.04. The Morgan fingerprint density at radius 1 is 1.13 bits per heavy atom. The molecule has 6 nitrogen and oxygen atoms in total. The average molecular weight is 436 g/mol. The molecule has 8 heteroatoms. The van der Waals surface area contributed by atoms with Crippen molar-refractivity contribution in [3.63, 3.8) is 0 Å². The zero-order chi connectivity index (χ0) is 21.9. The lowest BCUT2D eigenvalue weighted by Crippen LogP contribution is -2.08. The number of fused-ring (bicyclic) bond motifs is 1. The van der Waals surface area contributed by atoms with Gasteiger partial charge in [0.15, 0.2) is 22.4 Å². The van der Waals surface area contributed by atoms with E-state index < -0.39 is 15.7 Å². The van der Waals surface area contributed by atoms with E-state index >= 15 is 0 Å². The van der Waals surface area contributed by atoms with E-state index in [1.807, 2.05) is 6.07 Å². The number of halogens is 1. The minimum atomic E-state index is -3.51. The number of aryl methyl sites for hydroxylation is 1. The first-order valence-corrected chi connectivity index (χ1v) is 11.5. The Balaban J connectivity index is 2.22. The molecule has 0 bridgehead atoms. The molecule has 0 aliphatic carbocycles. The van der Waals surface area contributed by atoms with Crippen molar-refractivity contribution >= 4 is 20.7 Å². The summed E-state index contributed by atoms with van der Waals surface area (Å²) in [6, 6.07) is 9.58. The van der Waals surface area contributed by atoms with Gasteiger partial charge in [0.25, 0.3) is 0 Å². The van der Waals surface area contributed by atoms with Gasteiger partial charge >= 0.3 is 0 Å². The minimum absolute atomic E-state index is 0.0808. The number of aliphatic hydroxyl groups is 1. The molecule has 0 atom stereocenters. The fraction of sp³-hybridized carbons (Fsp3) is 0.364. The second-order valence-electron chi connectivity index (χ2n) is 7.19. The summed E-state index contributed by atoms with van der Waals surface area (Å²) in [4.78, 5) is 0.102. The first kappa shape index (κ1) is 22.3. The summed E-state index contributed by atoms with van der Waals surface area (Å²) in [6.45, 7) is 2.12. The first-order chi connectivity index (χ1) is 14.3. The van der Waals surface area contributed by atoms with Gasteiger partial charge in [-0.1, -0.05) is 19.4 Å². The van der Waals surface area contributed by atoms with Gasteiger partial charge < -0.3 is 19.1 Å². The number of hydrogen-bond acceptors (Lipinski definition) is 5. The summed E-state index contributed by atoms with van der Waals surface area (Å²) in [5.41, 5.74) is 3.10. The highest BCUT2D eigenvalue weighted by Gasteiger charge is 2.21. The Kier molecular flexibility index (Phi) is 6.80. The summed E-state index contributed by atoms with van der Waals surface area (Å²) >= 11 is 0. The molecule has 0 radical (unpaired) electrons. The molecule has 0 saturated heterocycles. The lowest BCUT2D eigenvalue weighted by molar-refractivity contribution is 0.0502. The zero-order valence-corrected chi connectivity index (χ0v) is 18.1. The van der Waals surface area contributed by atoms with E-state index in [0.717, 1.165) is 35.9 Å². The van der Waals surface area contributed by atoms with Gasteiger partial charge in [0, 0.05) is 31.0 Å². The zero-order valence-electron chi connectivity index (χ0n) is 17.3. The van der Waals surface area contributed by atoms with Crippen molar-refractivity contribution in [2.24, 2.45) is 0 Å². The third-order valence-corrected chi connectivity index (χ3v) is 6.10. The van der Waals surface area contributed by atoms with E-state index in [4.69, 9.17) is 9.47 Å². The number of aromatic nitrogens is 1. The molecule has 3 aromatic rings. The summed E-state index contributed by atoms with van der Waals surface area (Å²) in [5.74, 6) is -0.142. The summed E-state index contributed by atoms with van der Waals surface area (Å²) in [6.07, 6.45) is 2.80. The number of methoxy groups -OCH3 is 1. The molecule has 30 heavy (non-hydrogen) atoms. The third kappa shape index (κ3) is 4.50. The van der Waals surface area contributed by atoms with E-state index in [1.165, 1.54) is 25.3 Å². The standard InChI is InChI=1S/C22H26FNO5S/c1-4-5-18-11-19-20(8-9-21(30(3,26)27)22(19)29-14-28-2)24(18)12-15-6-7-17(23)10-16(15)13-25/h6-11,25H,4-5,12-14H2,1-3H3. The first-order valence-electron chi connectivity index (χ1n) is 9.65. The molecule has 0 amide bonds. The van der Waals surface area contributed by atoms with Crippen LogP contribution in [0.3, 0.4) is 0 Å². The monoisotopic (exact) mass is 435 g/mol. The predicted octanol–water partition coefficient (Wildman–Crippen LogP) is 3.66. The molecule has 1 aromatic heterocycles. The Hall–Kier alpha value is -2.42. The Morgan fingerprint density at radius 2 is 1.90 bits per heavy atom. The molecular weight excluding hydrogens is 409 g/mol. The van der Waals surface area contributed by atoms with E-state index in [1.54, 1.807) is 12.1 Å². The van der Waals surface area contributed by atoms with Crippen molar-refractivity contribution in [1.82, 2.24) is 4.57 Å². The number of rotatable bonds is 9. The van der Waals surface area contributed by atoms with Gasteiger partial charge in [-0.05, 0) is 47.9 Å². The van der Waals surface area contributed by atoms with Crippen LogP contribution in [0.4, 0.5) is 4.39 Å². The molecule has 3 rings (SSSR count). The van der Waals surface area contributed by atoms with Gasteiger partial charge in [0.05, 0.1) is 12.1 Å². The molecule has 1 heterocycles. The normalized spacial score (nSPS) is 11.9. The second kappa shape index (κ2) is 9.16. The molecular formula is C22H26FNO5S. The van der Waals surface area contributed by atoms with Crippen LogP contribution in [-0.2, 0) is 34.1 Å². The molecule has 0 spiro atoms. The van der Waals surface area contributed by atoms with E-state index in [-0.39, 0.29) is 24.0 Å². The lowest BCUT2D eigenvalue weighted by atomic mass is 10.1.